The fourth-order valence-corrected chi connectivity index (χ4v) is 1.72. The van der Waals surface area contributed by atoms with E-state index in [1.807, 2.05) is 24.4 Å². The molecule has 3 nitrogen and oxygen atoms in total. The summed E-state index contributed by atoms with van der Waals surface area (Å²) >= 11 is 0. The Morgan fingerprint density at radius 3 is 2.73 bits per heavy atom. The van der Waals surface area contributed by atoms with Crippen molar-refractivity contribution in [3.05, 3.63) is 35.7 Å². The third kappa shape index (κ3) is 1.73. The van der Waals surface area contributed by atoms with Gasteiger partial charge >= 0.3 is 0 Å². The number of aldehydes is 1. The molecule has 0 aliphatic heterocycles. The van der Waals surface area contributed by atoms with Gasteiger partial charge in [0.15, 0.2) is 6.29 Å². The van der Waals surface area contributed by atoms with E-state index >= 15 is 0 Å². The lowest BCUT2D eigenvalue weighted by molar-refractivity contribution is 0.111. The Hall–Kier alpha value is -1.77. The van der Waals surface area contributed by atoms with Gasteiger partial charge in [-0.05, 0) is 29.7 Å². The summed E-state index contributed by atoms with van der Waals surface area (Å²) in [5.41, 5.74) is 3.83. The third-order valence-electron chi connectivity index (χ3n) is 2.49. The Balaban J connectivity index is 2.54. The van der Waals surface area contributed by atoms with Gasteiger partial charge in [0.2, 0.25) is 0 Å². The summed E-state index contributed by atoms with van der Waals surface area (Å²) in [5.74, 6) is 0.397. The molecule has 0 aliphatic rings. The van der Waals surface area contributed by atoms with Crippen LogP contribution in [0.25, 0.3) is 11.4 Å². The van der Waals surface area contributed by atoms with E-state index in [-0.39, 0.29) is 0 Å². The van der Waals surface area contributed by atoms with Crippen molar-refractivity contribution in [3.63, 3.8) is 0 Å². The van der Waals surface area contributed by atoms with Gasteiger partial charge in [0.25, 0.3) is 0 Å². The van der Waals surface area contributed by atoms with Gasteiger partial charge in [-0.15, -0.1) is 0 Å². The highest BCUT2D eigenvalue weighted by atomic mass is 16.1. The minimum absolute atomic E-state index is 0.397. The molecule has 0 bridgehead atoms. The zero-order valence-electron chi connectivity index (χ0n) is 8.87. The zero-order chi connectivity index (χ0) is 10.8. The minimum Gasteiger partial charge on any atom is -0.360 e. The summed E-state index contributed by atoms with van der Waals surface area (Å²) in [6, 6.07) is 5.85. The second kappa shape index (κ2) is 3.77. The van der Waals surface area contributed by atoms with E-state index in [0.717, 1.165) is 17.7 Å². The molecule has 2 heterocycles. The van der Waals surface area contributed by atoms with E-state index in [1.165, 1.54) is 5.56 Å². The first-order valence-corrected chi connectivity index (χ1v) is 5.04. The van der Waals surface area contributed by atoms with E-state index in [9.17, 15) is 4.79 Å². The molecule has 0 aromatic carbocycles. The average Bonchev–Trinajstić information content (AvgIpc) is 2.86. The Bertz CT molecular complexity index is 452. The number of carbonyl (C=O) groups is 1. The molecule has 0 atom stereocenters. The van der Waals surface area contributed by atoms with Crippen molar-refractivity contribution in [3.8, 4) is 11.4 Å². The molecular formula is C12H14N2O. The van der Waals surface area contributed by atoms with Crippen LogP contribution in [0.2, 0.25) is 0 Å². The van der Waals surface area contributed by atoms with Gasteiger partial charge < -0.3 is 9.97 Å². The normalized spacial score (nSPS) is 10.9. The lowest BCUT2D eigenvalue weighted by atomic mass is 10.0. The fourth-order valence-electron chi connectivity index (χ4n) is 1.72. The molecule has 15 heavy (non-hydrogen) atoms. The molecule has 0 unspecified atom stereocenters. The maximum Gasteiger partial charge on any atom is 0.166 e. The monoisotopic (exact) mass is 202 g/mol. The van der Waals surface area contributed by atoms with Crippen LogP contribution < -0.4 is 0 Å². The molecule has 0 radical (unpaired) electrons. The van der Waals surface area contributed by atoms with Crippen LogP contribution in [0.5, 0.6) is 0 Å². The smallest absolute Gasteiger partial charge is 0.166 e. The molecule has 0 spiro atoms. The molecule has 0 amide bonds. The van der Waals surface area contributed by atoms with Gasteiger partial charge in [-0.1, -0.05) is 13.8 Å². The van der Waals surface area contributed by atoms with Gasteiger partial charge in [0.1, 0.15) is 0 Å². The highest BCUT2D eigenvalue weighted by molar-refractivity contribution is 5.76. The van der Waals surface area contributed by atoms with Crippen LogP contribution >= 0.6 is 0 Å². The van der Waals surface area contributed by atoms with Crippen molar-refractivity contribution >= 4 is 6.29 Å². The van der Waals surface area contributed by atoms with Gasteiger partial charge in [-0.3, -0.25) is 4.79 Å². The SMILES string of the molecule is CC(C)c1cc(C=O)[nH]c1-c1ccc[nH]1. The number of aromatic amines is 2. The van der Waals surface area contributed by atoms with Crippen LogP contribution in [0, 0.1) is 0 Å². The maximum absolute atomic E-state index is 10.7. The van der Waals surface area contributed by atoms with E-state index in [4.69, 9.17) is 0 Å². The van der Waals surface area contributed by atoms with Crippen LogP contribution in [-0.2, 0) is 0 Å². The van der Waals surface area contributed by atoms with Crippen LogP contribution in [-0.4, -0.2) is 16.3 Å². The average molecular weight is 202 g/mol. The Morgan fingerprint density at radius 1 is 1.40 bits per heavy atom. The molecule has 0 aliphatic carbocycles. The van der Waals surface area contributed by atoms with Crippen LogP contribution in [0.15, 0.2) is 24.4 Å². The number of nitrogens with one attached hydrogen (secondary N) is 2. The number of rotatable bonds is 3. The predicted molar refractivity (Wildman–Crippen MR) is 60.1 cm³/mol. The van der Waals surface area contributed by atoms with E-state index < -0.39 is 0 Å². The van der Waals surface area contributed by atoms with Crippen LogP contribution in [0.1, 0.15) is 35.8 Å². The third-order valence-corrected chi connectivity index (χ3v) is 2.49. The number of carbonyl (C=O) groups excluding carboxylic acids is 1. The molecule has 0 saturated heterocycles. The van der Waals surface area contributed by atoms with Crippen molar-refractivity contribution < 1.29 is 4.79 Å². The minimum atomic E-state index is 0.397. The highest BCUT2D eigenvalue weighted by Crippen LogP contribution is 2.27. The van der Waals surface area contributed by atoms with Crippen molar-refractivity contribution in [2.75, 3.05) is 0 Å². The molecular weight excluding hydrogens is 188 g/mol. The van der Waals surface area contributed by atoms with Gasteiger partial charge in [0, 0.05) is 6.20 Å². The summed E-state index contributed by atoms with van der Waals surface area (Å²) in [6.07, 6.45) is 2.72. The standard InChI is InChI=1S/C12H14N2O/c1-8(2)10-6-9(7-15)14-12(10)11-4-3-5-13-11/h3-8,13-14H,1-2H3. The highest BCUT2D eigenvalue weighted by Gasteiger charge is 2.12. The second-order valence-electron chi connectivity index (χ2n) is 3.91. The first-order chi connectivity index (χ1) is 7.22. The van der Waals surface area contributed by atoms with E-state index in [1.54, 1.807) is 0 Å². The Labute approximate surface area is 88.5 Å². The largest absolute Gasteiger partial charge is 0.360 e. The summed E-state index contributed by atoms with van der Waals surface area (Å²) in [5, 5.41) is 0. The summed E-state index contributed by atoms with van der Waals surface area (Å²) in [4.78, 5) is 17.0. The number of hydrogen-bond donors (Lipinski definition) is 2. The topological polar surface area (TPSA) is 48.6 Å². The maximum atomic E-state index is 10.7. The predicted octanol–water partition coefficient (Wildman–Crippen LogP) is 2.95. The Morgan fingerprint density at radius 2 is 2.20 bits per heavy atom. The number of H-pyrrole nitrogens is 2. The summed E-state index contributed by atoms with van der Waals surface area (Å²) in [6.45, 7) is 4.23. The lowest BCUT2D eigenvalue weighted by Crippen LogP contribution is -1.88. The summed E-state index contributed by atoms with van der Waals surface area (Å²) < 4.78 is 0. The van der Waals surface area contributed by atoms with Crippen LogP contribution in [0.3, 0.4) is 0 Å². The second-order valence-corrected chi connectivity index (χ2v) is 3.91. The van der Waals surface area contributed by atoms with Gasteiger partial charge in [-0.25, -0.2) is 0 Å². The number of aromatic nitrogens is 2. The van der Waals surface area contributed by atoms with Crippen molar-refractivity contribution in [1.29, 1.82) is 0 Å². The quantitative estimate of drug-likeness (QED) is 0.738. The van der Waals surface area contributed by atoms with E-state index in [0.29, 0.717) is 11.6 Å². The molecule has 2 aromatic heterocycles. The molecule has 0 saturated carbocycles. The van der Waals surface area contributed by atoms with Crippen molar-refractivity contribution in [2.24, 2.45) is 0 Å². The fraction of sp³-hybridized carbons (Fsp3) is 0.250. The van der Waals surface area contributed by atoms with Crippen molar-refractivity contribution in [1.82, 2.24) is 9.97 Å². The molecule has 0 fully saturated rings. The van der Waals surface area contributed by atoms with Gasteiger partial charge in [-0.2, -0.15) is 0 Å². The first-order valence-electron chi connectivity index (χ1n) is 5.04. The molecule has 2 N–H and O–H groups in total. The molecule has 3 heteroatoms. The van der Waals surface area contributed by atoms with Crippen molar-refractivity contribution in [2.45, 2.75) is 19.8 Å². The molecule has 78 valence electrons. The number of hydrogen-bond acceptors (Lipinski definition) is 1. The first kappa shape index (κ1) is 9.77. The summed E-state index contributed by atoms with van der Waals surface area (Å²) in [7, 11) is 0. The van der Waals surface area contributed by atoms with Gasteiger partial charge in [0.05, 0.1) is 17.1 Å². The molecule has 2 aromatic rings. The molecule has 2 rings (SSSR count). The lowest BCUT2D eigenvalue weighted by Gasteiger charge is -2.04. The van der Waals surface area contributed by atoms with Crippen LogP contribution in [0.4, 0.5) is 0 Å². The Kier molecular flexibility index (Phi) is 2.46. The zero-order valence-corrected chi connectivity index (χ0v) is 8.87. The van der Waals surface area contributed by atoms with E-state index in [2.05, 4.69) is 23.8 Å².